The van der Waals surface area contributed by atoms with Gasteiger partial charge in [0.2, 0.25) is 0 Å². The molecule has 0 saturated heterocycles. The lowest BCUT2D eigenvalue weighted by Crippen LogP contribution is -2.14. The van der Waals surface area contributed by atoms with Crippen molar-refractivity contribution < 1.29 is 4.42 Å². The van der Waals surface area contributed by atoms with Gasteiger partial charge in [0.25, 0.3) is 0 Å². The molecule has 0 aliphatic heterocycles. The van der Waals surface area contributed by atoms with Crippen LogP contribution in [0.1, 0.15) is 31.2 Å². The SMILES string of the molecule is CSCCCCCCNCc1coc2ccccc12. The molecule has 0 fully saturated rings. The van der Waals surface area contributed by atoms with E-state index < -0.39 is 0 Å². The van der Waals surface area contributed by atoms with Gasteiger partial charge in [0, 0.05) is 17.5 Å². The van der Waals surface area contributed by atoms with Crippen molar-refractivity contribution in [2.45, 2.75) is 32.2 Å². The zero-order valence-corrected chi connectivity index (χ0v) is 12.5. The van der Waals surface area contributed by atoms with Crippen LogP contribution >= 0.6 is 11.8 Å². The topological polar surface area (TPSA) is 25.2 Å². The van der Waals surface area contributed by atoms with Crippen molar-refractivity contribution in [1.82, 2.24) is 5.32 Å². The Morgan fingerprint density at radius 1 is 1.11 bits per heavy atom. The summed E-state index contributed by atoms with van der Waals surface area (Å²) in [5.74, 6) is 1.30. The predicted molar refractivity (Wildman–Crippen MR) is 84.8 cm³/mol. The fraction of sp³-hybridized carbons (Fsp3) is 0.500. The molecular formula is C16H23NOS. The maximum absolute atomic E-state index is 5.53. The lowest BCUT2D eigenvalue weighted by molar-refractivity contribution is 0.584. The minimum Gasteiger partial charge on any atom is -0.464 e. The summed E-state index contributed by atoms with van der Waals surface area (Å²) in [6, 6.07) is 8.22. The van der Waals surface area contributed by atoms with Gasteiger partial charge in [0.15, 0.2) is 0 Å². The average molecular weight is 277 g/mol. The molecule has 2 rings (SSSR count). The molecule has 0 unspecified atom stereocenters. The molecule has 2 nitrogen and oxygen atoms in total. The summed E-state index contributed by atoms with van der Waals surface area (Å²) < 4.78 is 5.53. The third-order valence-corrected chi connectivity index (χ3v) is 4.03. The van der Waals surface area contributed by atoms with Gasteiger partial charge >= 0.3 is 0 Å². The van der Waals surface area contributed by atoms with Gasteiger partial charge in [-0.3, -0.25) is 0 Å². The average Bonchev–Trinajstić information content (AvgIpc) is 2.85. The first kappa shape index (κ1) is 14.5. The number of rotatable bonds is 9. The Morgan fingerprint density at radius 2 is 1.95 bits per heavy atom. The molecule has 0 aliphatic carbocycles. The zero-order valence-electron chi connectivity index (χ0n) is 11.7. The van der Waals surface area contributed by atoms with E-state index in [9.17, 15) is 0 Å². The highest BCUT2D eigenvalue weighted by Crippen LogP contribution is 2.20. The third-order valence-electron chi connectivity index (χ3n) is 3.33. The summed E-state index contributed by atoms with van der Waals surface area (Å²) in [6.45, 7) is 2.00. The van der Waals surface area contributed by atoms with Crippen LogP contribution in [0.5, 0.6) is 0 Å². The summed E-state index contributed by atoms with van der Waals surface area (Å²) in [5, 5.41) is 4.74. The van der Waals surface area contributed by atoms with Crippen LogP contribution in [0.4, 0.5) is 0 Å². The first-order chi connectivity index (χ1) is 9.42. The highest BCUT2D eigenvalue weighted by molar-refractivity contribution is 7.98. The number of unbranched alkanes of at least 4 members (excludes halogenated alkanes) is 3. The monoisotopic (exact) mass is 277 g/mol. The fourth-order valence-corrected chi connectivity index (χ4v) is 2.74. The van der Waals surface area contributed by atoms with E-state index in [1.165, 1.54) is 42.4 Å². The van der Waals surface area contributed by atoms with Crippen LogP contribution in [-0.2, 0) is 6.54 Å². The lowest BCUT2D eigenvalue weighted by atomic mass is 10.1. The number of para-hydroxylation sites is 1. The number of hydrogen-bond acceptors (Lipinski definition) is 3. The second-order valence-corrected chi connectivity index (χ2v) is 5.83. The smallest absolute Gasteiger partial charge is 0.134 e. The van der Waals surface area contributed by atoms with Crippen LogP contribution in [0.2, 0.25) is 0 Å². The summed E-state index contributed by atoms with van der Waals surface area (Å²) in [5.41, 5.74) is 2.24. The van der Waals surface area contributed by atoms with Gasteiger partial charge in [-0.15, -0.1) is 0 Å². The molecule has 2 aromatic rings. The maximum Gasteiger partial charge on any atom is 0.134 e. The quantitative estimate of drug-likeness (QED) is 0.686. The molecule has 104 valence electrons. The fourth-order valence-electron chi connectivity index (χ4n) is 2.24. The Balaban J connectivity index is 1.63. The van der Waals surface area contributed by atoms with Crippen molar-refractivity contribution in [3.8, 4) is 0 Å². The minimum atomic E-state index is 0.905. The largest absolute Gasteiger partial charge is 0.464 e. The number of thioether (sulfide) groups is 1. The van der Waals surface area contributed by atoms with Crippen molar-refractivity contribution in [1.29, 1.82) is 0 Å². The van der Waals surface area contributed by atoms with Crippen LogP contribution in [0.25, 0.3) is 11.0 Å². The van der Waals surface area contributed by atoms with Crippen LogP contribution < -0.4 is 5.32 Å². The lowest BCUT2D eigenvalue weighted by Gasteiger charge is -2.03. The predicted octanol–water partition coefficient (Wildman–Crippen LogP) is 4.45. The molecule has 0 radical (unpaired) electrons. The molecule has 3 heteroatoms. The van der Waals surface area contributed by atoms with Crippen molar-refractivity contribution in [2.75, 3.05) is 18.6 Å². The molecule has 0 atom stereocenters. The molecule has 1 aromatic heterocycles. The van der Waals surface area contributed by atoms with E-state index in [2.05, 4.69) is 23.7 Å². The van der Waals surface area contributed by atoms with Crippen LogP contribution in [0.3, 0.4) is 0 Å². The number of hydrogen-bond donors (Lipinski definition) is 1. The van der Waals surface area contributed by atoms with E-state index in [1.54, 1.807) is 0 Å². The first-order valence-electron chi connectivity index (χ1n) is 7.06. The highest BCUT2D eigenvalue weighted by Gasteiger charge is 2.03. The number of furan rings is 1. The van der Waals surface area contributed by atoms with Crippen LogP contribution in [0.15, 0.2) is 34.9 Å². The van der Waals surface area contributed by atoms with E-state index in [4.69, 9.17) is 4.42 Å². The van der Waals surface area contributed by atoms with Crippen molar-refractivity contribution in [3.63, 3.8) is 0 Å². The first-order valence-corrected chi connectivity index (χ1v) is 8.46. The van der Waals surface area contributed by atoms with Gasteiger partial charge in [-0.25, -0.2) is 0 Å². The van der Waals surface area contributed by atoms with Crippen LogP contribution in [0, 0.1) is 0 Å². The molecule has 19 heavy (non-hydrogen) atoms. The summed E-state index contributed by atoms with van der Waals surface area (Å²) in [4.78, 5) is 0. The molecular weight excluding hydrogens is 254 g/mol. The van der Waals surface area contributed by atoms with Crippen molar-refractivity contribution >= 4 is 22.7 Å². The van der Waals surface area contributed by atoms with Crippen molar-refractivity contribution in [3.05, 3.63) is 36.1 Å². The molecule has 0 amide bonds. The zero-order chi connectivity index (χ0) is 13.3. The van der Waals surface area contributed by atoms with Gasteiger partial charge in [0.05, 0.1) is 6.26 Å². The Bertz CT molecular complexity index is 480. The summed E-state index contributed by atoms with van der Waals surface area (Å²) in [7, 11) is 0. The van der Waals surface area contributed by atoms with Gasteiger partial charge < -0.3 is 9.73 Å². The summed E-state index contributed by atoms with van der Waals surface area (Å²) in [6.07, 6.45) is 9.36. The van der Waals surface area contributed by atoms with Gasteiger partial charge in [-0.05, 0) is 37.5 Å². The molecule has 1 N–H and O–H groups in total. The Kier molecular flexibility index (Phi) is 6.31. The Labute approximate surface area is 119 Å². The molecule has 0 spiro atoms. The maximum atomic E-state index is 5.53. The van der Waals surface area contributed by atoms with Gasteiger partial charge in [-0.1, -0.05) is 31.0 Å². The standard InChI is InChI=1S/C16H23NOS/c1-19-11-7-3-2-6-10-17-12-14-13-18-16-9-5-4-8-15(14)16/h4-5,8-9,13,17H,2-3,6-7,10-12H2,1H3. The van der Waals surface area contributed by atoms with Gasteiger partial charge in [0.1, 0.15) is 5.58 Å². The highest BCUT2D eigenvalue weighted by atomic mass is 32.2. The van der Waals surface area contributed by atoms with Crippen molar-refractivity contribution in [2.24, 2.45) is 0 Å². The van der Waals surface area contributed by atoms with E-state index in [0.717, 1.165) is 18.7 Å². The number of benzene rings is 1. The number of fused-ring (bicyclic) bond motifs is 1. The molecule has 1 aromatic carbocycles. The molecule has 0 bridgehead atoms. The van der Waals surface area contributed by atoms with E-state index in [-0.39, 0.29) is 0 Å². The summed E-state index contributed by atoms with van der Waals surface area (Å²) >= 11 is 1.94. The Morgan fingerprint density at radius 3 is 2.84 bits per heavy atom. The second kappa shape index (κ2) is 8.28. The van der Waals surface area contributed by atoms with E-state index in [1.807, 2.05) is 30.2 Å². The second-order valence-electron chi connectivity index (χ2n) is 4.84. The Hall–Kier alpha value is -0.930. The van der Waals surface area contributed by atoms with E-state index >= 15 is 0 Å². The van der Waals surface area contributed by atoms with E-state index in [0.29, 0.717) is 0 Å². The third kappa shape index (κ3) is 4.59. The molecule has 0 aliphatic rings. The molecule has 1 heterocycles. The molecule has 0 saturated carbocycles. The number of nitrogens with one attached hydrogen (secondary N) is 1. The minimum absolute atomic E-state index is 0.905. The normalized spacial score (nSPS) is 11.2. The van der Waals surface area contributed by atoms with Gasteiger partial charge in [-0.2, -0.15) is 11.8 Å². The van der Waals surface area contributed by atoms with Crippen LogP contribution in [-0.4, -0.2) is 18.6 Å².